The fourth-order valence-corrected chi connectivity index (χ4v) is 4.06. The number of benzene rings is 1. The third-order valence-corrected chi connectivity index (χ3v) is 5.72. The highest BCUT2D eigenvalue weighted by atomic mass is 32.2. The molecule has 160 valence electrons. The number of carbonyl (C=O) groups is 1. The molecule has 0 spiro atoms. The molecule has 3 rings (SSSR count). The molecule has 2 heterocycles. The number of para-hydroxylation sites is 1. The molecule has 0 radical (unpaired) electrons. The first kappa shape index (κ1) is 21.7. The van der Waals surface area contributed by atoms with Gasteiger partial charge in [0.2, 0.25) is 0 Å². The minimum Gasteiger partial charge on any atom is -0.269 e. The number of amides is 1. The van der Waals surface area contributed by atoms with Crippen molar-refractivity contribution < 1.29 is 13.2 Å². The molecule has 0 bridgehead atoms. The maximum Gasteiger partial charge on any atom is 0.301 e. The summed E-state index contributed by atoms with van der Waals surface area (Å²) < 4.78 is 31.7. The number of carbonyl (C=O) groups excluding carboxylic acids is 1. The smallest absolute Gasteiger partial charge is 0.269 e. The molecule has 1 aromatic carbocycles. The van der Waals surface area contributed by atoms with Gasteiger partial charge < -0.3 is 0 Å². The molecule has 0 fully saturated rings. The second-order valence-electron chi connectivity index (χ2n) is 7.01. The average molecular weight is 431 g/mol. The molecule has 2 aromatic heterocycles. The van der Waals surface area contributed by atoms with Crippen molar-refractivity contribution in [3.63, 3.8) is 0 Å². The summed E-state index contributed by atoms with van der Waals surface area (Å²) in [6.07, 6.45) is 4.28. The molecule has 30 heavy (non-hydrogen) atoms. The minimum atomic E-state index is -3.89. The largest absolute Gasteiger partial charge is 0.301 e. The van der Waals surface area contributed by atoms with Gasteiger partial charge in [0.25, 0.3) is 5.91 Å². The molecule has 0 saturated heterocycles. The van der Waals surface area contributed by atoms with Crippen LogP contribution in [0.1, 0.15) is 36.7 Å². The number of hydrogen-bond donors (Lipinski definition) is 2. The molecule has 0 aliphatic rings. The van der Waals surface area contributed by atoms with Crippen molar-refractivity contribution in [1.29, 1.82) is 0 Å². The number of nitrogens with one attached hydrogen (secondary N) is 2. The molecule has 0 unspecified atom stereocenters. The third kappa shape index (κ3) is 4.60. The first-order chi connectivity index (χ1) is 14.2. The Balaban J connectivity index is 1.90. The Morgan fingerprint density at radius 2 is 1.90 bits per heavy atom. The summed E-state index contributed by atoms with van der Waals surface area (Å²) in [5.74, 6) is -0.0560. The Morgan fingerprint density at radius 1 is 1.17 bits per heavy atom. The highest BCUT2D eigenvalue weighted by molar-refractivity contribution is 7.88. The fourth-order valence-electron chi connectivity index (χ4n) is 3.24. The molecule has 0 saturated carbocycles. The molecule has 9 nitrogen and oxygen atoms in total. The number of aryl methyl sites for hydroxylation is 3. The molecular weight excluding hydrogens is 404 g/mol. The maximum absolute atomic E-state index is 12.2. The van der Waals surface area contributed by atoms with E-state index in [-0.39, 0.29) is 6.54 Å². The van der Waals surface area contributed by atoms with Gasteiger partial charge in [-0.2, -0.15) is 23.3 Å². The van der Waals surface area contributed by atoms with E-state index >= 15 is 0 Å². The lowest BCUT2D eigenvalue weighted by atomic mass is 10.2. The normalized spacial score (nSPS) is 12.1. The van der Waals surface area contributed by atoms with Crippen LogP contribution in [0.5, 0.6) is 0 Å². The van der Waals surface area contributed by atoms with Crippen LogP contribution >= 0.6 is 0 Å². The third-order valence-electron chi connectivity index (χ3n) is 4.67. The van der Waals surface area contributed by atoms with Crippen molar-refractivity contribution in [1.82, 2.24) is 29.0 Å². The van der Waals surface area contributed by atoms with Gasteiger partial charge in [-0.25, -0.2) is 9.40 Å². The van der Waals surface area contributed by atoms with E-state index < -0.39 is 16.1 Å². The van der Waals surface area contributed by atoms with Crippen molar-refractivity contribution in [2.45, 2.75) is 33.6 Å². The molecule has 3 aromatic rings. The van der Waals surface area contributed by atoms with E-state index in [9.17, 15) is 13.2 Å². The minimum absolute atomic E-state index is 0.278. The standard InChI is InChI=1S/C20H26N6O3S/c1-5-6-13-21-30(28,29)24-19(27)12-11-17-15(3)22-25(4)20(17)26-18-10-8-7-9-16(18)14(2)23-26/h7-12,21H,5-6,13H2,1-4H3,(H,24,27)/b12-11+. The first-order valence-electron chi connectivity index (χ1n) is 9.71. The number of unbranched alkanes of at least 4 members (excludes halogenated alkanes) is 1. The van der Waals surface area contributed by atoms with Gasteiger partial charge in [-0.15, -0.1) is 0 Å². The zero-order valence-corrected chi connectivity index (χ0v) is 18.3. The van der Waals surface area contributed by atoms with Crippen molar-refractivity contribution >= 4 is 33.1 Å². The van der Waals surface area contributed by atoms with Gasteiger partial charge in [0.15, 0.2) is 5.82 Å². The molecule has 10 heteroatoms. The molecule has 2 N–H and O–H groups in total. The average Bonchev–Trinajstić information content (AvgIpc) is 3.15. The van der Waals surface area contributed by atoms with Crippen molar-refractivity contribution in [3.05, 3.63) is 47.3 Å². The van der Waals surface area contributed by atoms with E-state index in [2.05, 4.69) is 14.9 Å². The summed E-state index contributed by atoms with van der Waals surface area (Å²) in [5, 5.41) is 10.1. The van der Waals surface area contributed by atoms with Crippen LogP contribution in [0, 0.1) is 13.8 Å². The van der Waals surface area contributed by atoms with E-state index in [0.717, 1.165) is 23.0 Å². The lowest BCUT2D eigenvalue weighted by Gasteiger charge is -2.07. The number of hydrogen-bond acceptors (Lipinski definition) is 5. The molecular formula is C20H26N6O3S. The summed E-state index contributed by atoms with van der Waals surface area (Å²) in [6, 6.07) is 7.85. The van der Waals surface area contributed by atoms with Crippen LogP contribution < -0.4 is 9.44 Å². The predicted octanol–water partition coefficient (Wildman–Crippen LogP) is 2.14. The van der Waals surface area contributed by atoms with Crippen LogP contribution in [0.2, 0.25) is 0 Å². The highest BCUT2D eigenvalue weighted by Gasteiger charge is 2.18. The lowest BCUT2D eigenvalue weighted by molar-refractivity contribution is -0.114. The molecule has 0 aliphatic heterocycles. The van der Waals surface area contributed by atoms with Crippen LogP contribution in [0.25, 0.3) is 22.8 Å². The monoisotopic (exact) mass is 430 g/mol. The Morgan fingerprint density at radius 3 is 2.63 bits per heavy atom. The number of nitrogens with zero attached hydrogens (tertiary/aromatic N) is 4. The topological polar surface area (TPSA) is 111 Å². The van der Waals surface area contributed by atoms with Crippen LogP contribution in [-0.2, 0) is 22.1 Å². The van der Waals surface area contributed by atoms with Crippen molar-refractivity contribution in [2.75, 3.05) is 6.54 Å². The number of rotatable bonds is 8. The number of aromatic nitrogens is 4. The van der Waals surface area contributed by atoms with E-state index in [1.807, 2.05) is 49.8 Å². The number of fused-ring (bicyclic) bond motifs is 1. The van der Waals surface area contributed by atoms with Gasteiger partial charge in [0.05, 0.1) is 16.9 Å². The fraction of sp³-hybridized carbons (Fsp3) is 0.350. The Labute approximate surface area is 176 Å². The summed E-state index contributed by atoms with van der Waals surface area (Å²) in [6.45, 7) is 5.98. The first-order valence-corrected chi connectivity index (χ1v) is 11.2. The van der Waals surface area contributed by atoms with Crippen LogP contribution in [-0.4, -0.2) is 40.4 Å². The Bertz CT molecular complexity index is 1210. The maximum atomic E-state index is 12.2. The SMILES string of the molecule is CCCCNS(=O)(=O)NC(=O)/C=C/c1c(C)nn(C)c1-n1nc(C)c2ccccc21. The van der Waals surface area contributed by atoms with Crippen LogP contribution in [0.15, 0.2) is 30.3 Å². The van der Waals surface area contributed by atoms with Gasteiger partial charge in [0.1, 0.15) is 0 Å². The van der Waals surface area contributed by atoms with E-state index in [4.69, 9.17) is 0 Å². The predicted molar refractivity (Wildman–Crippen MR) is 116 cm³/mol. The zero-order chi connectivity index (χ0) is 21.9. The molecule has 1 amide bonds. The van der Waals surface area contributed by atoms with E-state index in [1.54, 1.807) is 22.5 Å². The zero-order valence-electron chi connectivity index (χ0n) is 17.5. The Hall–Kier alpha value is -2.98. The summed E-state index contributed by atoms with van der Waals surface area (Å²) in [7, 11) is -2.09. The van der Waals surface area contributed by atoms with Gasteiger partial charge >= 0.3 is 10.2 Å². The van der Waals surface area contributed by atoms with Gasteiger partial charge in [0, 0.05) is 30.6 Å². The summed E-state index contributed by atoms with van der Waals surface area (Å²) >= 11 is 0. The van der Waals surface area contributed by atoms with E-state index in [1.165, 1.54) is 6.08 Å². The molecule has 0 aliphatic carbocycles. The lowest BCUT2D eigenvalue weighted by Crippen LogP contribution is -2.39. The van der Waals surface area contributed by atoms with Crippen LogP contribution in [0.4, 0.5) is 0 Å². The molecule has 0 atom stereocenters. The summed E-state index contributed by atoms with van der Waals surface area (Å²) in [4.78, 5) is 12.2. The van der Waals surface area contributed by atoms with Crippen LogP contribution in [0.3, 0.4) is 0 Å². The summed E-state index contributed by atoms with van der Waals surface area (Å²) in [5.41, 5.74) is 3.16. The second kappa shape index (κ2) is 8.80. The highest BCUT2D eigenvalue weighted by Crippen LogP contribution is 2.25. The van der Waals surface area contributed by atoms with Gasteiger partial charge in [-0.3, -0.25) is 9.48 Å². The van der Waals surface area contributed by atoms with E-state index in [0.29, 0.717) is 23.5 Å². The quantitative estimate of drug-likeness (QED) is 0.420. The Kier molecular flexibility index (Phi) is 6.37. The van der Waals surface area contributed by atoms with Gasteiger partial charge in [-0.1, -0.05) is 31.5 Å². The van der Waals surface area contributed by atoms with Gasteiger partial charge in [-0.05, 0) is 32.4 Å². The van der Waals surface area contributed by atoms with Crippen molar-refractivity contribution in [2.24, 2.45) is 7.05 Å². The second-order valence-corrected chi connectivity index (χ2v) is 8.51. The van der Waals surface area contributed by atoms with Crippen molar-refractivity contribution in [3.8, 4) is 5.82 Å².